The minimum atomic E-state index is -4.44. The first-order valence-electron chi connectivity index (χ1n) is 19.4. The monoisotopic (exact) mass is 677 g/mol. The Hall–Kier alpha value is -0.500. The second kappa shape index (κ2) is 31.7. The van der Waals surface area contributed by atoms with Gasteiger partial charge in [-0.2, -0.15) is 0 Å². The number of likely N-dealkylation sites (N-methyl/N-ethyl adjacent to an activating group) is 1. The molecule has 0 aliphatic heterocycles. The number of phosphoric acid groups is 1. The molecule has 0 aromatic rings. The van der Waals surface area contributed by atoms with Gasteiger partial charge in [-0.05, 0) is 12.8 Å². The van der Waals surface area contributed by atoms with Crippen molar-refractivity contribution in [3.05, 3.63) is 0 Å². The summed E-state index contributed by atoms with van der Waals surface area (Å²) in [6, 6.07) is 0. The van der Waals surface area contributed by atoms with Crippen molar-refractivity contribution < 1.29 is 32.5 Å². The van der Waals surface area contributed by atoms with Crippen LogP contribution < -0.4 is 10.2 Å². The highest BCUT2D eigenvalue weighted by molar-refractivity contribution is 7.45. The molecular weight excluding hydrogens is 599 g/mol. The zero-order valence-corrected chi connectivity index (χ0v) is 32.0. The first-order chi connectivity index (χ1) is 22.1. The van der Waals surface area contributed by atoms with Crippen LogP contribution in [0, 0.1) is 0 Å². The van der Waals surface area contributed by atoms with Gasteiger partial charge in [-0.1, -0.05) is 155 Å². The molecule has 1 N–H and O–H groups in total. The van der Waals surface area contributed by atoms with Gasteiger partial charge in [0.1, 0.15) is 13.2 Å². The van der Waals surface area contributed by atoms with Crippen LogP contribution in [0.2, 0.25) is 0 Å². The van der Waals surface area contributed by atoms with Gasteiger partial charge in [-0.15, -0.1) is 0 Å². The smallest absolute Gasteiger partial charge is 0.268 e. The minimum absolute atomic E-state index is 0.0185. The Labute approximate surface area is 285 Å². The van der Waals surface area contributed by atoms with Crippen molar-refractivity contribution in [2.24, 2.45) is 0 Å². The van der Waals surface area contributed by atoms with E-state index in [2.05, 4.69) is 19.2 Å². The quantitative estimate of drug-likeness (QED) is 0.0403. The number of phosphoric ester groups is 1. The highest BCUT2D eigenvalue weighted by Crippen LogP contribution is 2.38. The van der Waals surface area contributed by atoms with Crippen LogP contribution >= 0.6 is 7.82 Å². The summed E-state index contributed by atoms with van der Waals surface area (Å²) in [7, 11) is 1.47. The summed E-state index contributed by atoms with van der Waals surface area (Å²) in [6.45, 7) is 5.67. The summed E-state index contributed by atoms with van der Waals surface area (Å²) in [6.07, 6.45) is 30.5. The van der Waals surface area contributed by atoms with E-state index in [1.165, 1.54) is 128 Å². The van der Waals surface area contributed by atoms with Crippen molar-refractivity contribution >= 4 is 13.7 Å². The van der Waals surface area contributed by atoms with Crippen LogP contribution in [0.4, 0.5) is 0 Å². The summed E-state index contributed by atoms with van der Waals surface area (Å²) in [5.74, 6) is -0.0185. The number of quaternary nitrogens is 1. The molecule has 0 radical (unpaired) electrons. The van der Waals surface area contributed by atoms with Crippen molar-refractivity contribution in [1.29, 1.82) is 0 Å². The number of carbonyl (C=O) groups excluding carboxylic acids is 1. The second-order valence-electron chi connectivity index (χ2n) is 14.4. The SMILES string of the molecule is CCCCCCCCCCCCCCCCCCCC(=O)NCC(COP(=O)([O-])OCC[N+](C)(C)C)OCCCCCCCCC. The molecule has 0 aliphatic rings. The maximum absolute atomic E-state index is 12.5. The van der Waals surface area contributed by atoms with Gasteiger partial charge in [0.15, 0.2) is 0 Å². The molecule has 0 aliphatic carbocycles. The van der Waals surface area contributed by atoms with Gasteiger partial charge in [-0.3, -0.25) is 9.36 Å². The van der Waals surface area contributed by atoms with Crippen LogP contribution in [0.15, 0.2) is 0 Å². The predicted octanol–water partition coefficient (Wildman–Crippen LogP) is 9.49. The van der Waals surface area contributed by atoms with Gasteiger partial charge < -0.3 is 28.5 Å². The molecule has 1 amide bonds. The number of unbranched alkanes of at least 4 members (excludes halogenated alkanes) is 22. The van der Waals surface area contributed by atoms with Crippen LogP contribution in [-0.4, -0.2) is 70.5 Å². The molecule has 0 heterocycles. The fourth-order valence-electron chi connectivity index (χ4n) is 5.44. The van der Waals surface area contributed by atoms with E-state index in [1.54, 1.807) is 0 Å². The summed E-state index contributed by atoms with van der Waals surface area (Å²) >= 11 is 0. The molecule has 276 valence electrons. The number of amides is 1. The lowest BCUT2D eigenvalue weighted by Crippen LogP contribution is -2.38. The lowest BCUT2D eigenvalue weighted by Gasteiger charge is -2.28. The van der Waals surface area contributed by atoms with Crippen molar-refractivity contribution in [1.82, 2.24) is 5.32 Å². The fraction of sp³-hybridized carbons (Fsp3) is 0.973. The Kier molecular flexibility index (Phi) is 31.4. The van der Waals surface area contributed by atoms with E-state index < -0.39 is 13.9 Å². The maximum Gasteiger partial charge on any atom is 0.268 e. The number of nitrogens with zero attached hydrogens (tertiary/aromatic N) is 1. The fourth-order valence-corrected chi connectivity index (χ4v) is 6.17. The first kappa shape index (κ1) is 45.5. The van der Waals surface area contributed by atoms with Crippen molar-refractivity contribution in [3.8, 4) is 0 Å². The minimum Gasteiger partial charge on any atom is -0.756 e. The van der Waals surface area contributed by atoms with Gasteiger partial charge in [0, 0.05) is 19.6 Å². The normalized spacial score (nSPS) is 14.0. The zero-order valence-electron chi connectivity index (χ0n) is 31.1. The lowest BCUT2D eigenvalue weighted by molar-refractivity contribution is -0.870. The Balaban J connectivity index is 4.08. The highest BCUT2D eigenvalue weighted by Gasteiger charge is 2.18. The van der Waals surface area contributed by atoms with Crippen LogP contribution in [0.25, 0.3) is 0 Å². The molecule has 0 saturated heterocycles. The van der Waals surface area contributed by atoms with Gasteiger partial charge in [0.25, 0.3) is 7.82 Å². The van der Waals surface area contributed by atoms with Gasteiger partial charge >= 0.3 is 0 Å². The molecule has 2 atom stereocenters. The van der Waals surface area contributed by atoms with Gasteiger partial charge in [0.05, 0.1) is 33.9 Å². The summed E-state index contributed by atoms with van der Waals surface area (Å²) in [5.41, 5.74) is 0. The Morgan fingerprint density at radius 1 is 0.630 bits per heavy atom. The average Bonchev–Trinajstić information content (AvgIpc) is 3.00. The Bertz CT molecular complexity index is 718. The topological polar surface area (TPSA) is 96.9 Å². The molecule has 0 spiro atoms. The van der Waals surface area contributed by atoms with Crippen molar-refractivity contribution in [3.63, 3.8) is 0 Å². The first-order valence-corrected chi connectivity index (χ1v) is 20.8. The number of carbonyl (C=O) groups is 1. The van der Waals surface area contributed by atoms with Crippen LogP contribution in [0.1, 0.15) is 174 Å². The molecule has 9 heteroatoms. The van der Waals surface area contributed by atoms with Crippen molar-refractivity contribution in [2.45, 2.75) is 180 Å². The molecule has 8 nitrogen and oxygen atoms in total. The summed E-state index contributed by atoms with van der Waals surface area (Å²) in [5, 5.41) is 2.93. The molecule has 0 rings (SSSR count). The Morgan fingerprint density at radius 3 is 1.48 bits per heavy atom. The predicted molar refractivity (Wildman–Crippen MR) is 192 cm³/mol. The molecule has 0 bridgehead atoms. The van der Waals surface area contributed by atoms with E-state index in [-0.39, 0.29) is 25.7 Å². The lowest BCUT2D eigenvalue weighted by atomic mass is 10.0. The number of hydrogen-bond acceptors (Lipinski definition) is 6. The van der Waals surface area contributed by atoms with E-state index in [0.29, 0.717) is 24.1 Å². The molecular formula is C37H77N2O6P. The van der Waals surface area contributed by atoms with E-state index >= 15 is 0 Å². The average molecular weight is 677 g/mol. The Morgan fingerprint density at radius 2 is 1.04 bits per heavy atom. The standard InChI is InChI=1S/C37H77N2O6P/c1-6-8-10-12-14-15-16-17-18-19-20-21-22-23-24-26-28-30-37(40)38-34-36(43-32-29-27-25-13-11-9-7-2)35-45-46(41,42)44-33-31-39(3,4)5/h36H,6-35H2,1-5H3,(H-,38,40,41,42). The van der Waals surface area contributed by atoms with E-state index in [4.69, 9.17) is 13.8 Å². The van der Waals surface area contributed by atoms with E-state index in [0.717, 1.165) is 25.7 Å². The zero-order chi connectivity index (χ0) is 34.2. The molecule has 2 unspecified atom stereocenters. The van der Waals surface area contributed by atoms with E-state index in [1.807, 2.05) is 21.1 Å². The summed E-state index contributed by atoms with van der Waals surface area (Å²) < 4.78 is 29.0. The van der Waals surface area contributed by atoms with Gasteiger partial charge in [0.2, 0.25) is 5.91 Å². The summed E-state index contributed by atoms with van der Waals surface area (Å²) in [4.78, 5) is 24.8. The second-order valence-corrected chi connectivity index (χ2v) is 15.8. The number of hydrogen-bond donors (Lipinski definition) is 1. The molecule has 0 aromatic carbocycles. The largest absolute Gasteiger partial charge is 0.756 e. The third-order valence-corrected chi connectivity index (χ3v) is 9.53. The number of rotatable bonds is 36. The van der Waals surface area contributed by atoms with Crippen LogP contribution in [0.3, 0.4) is 0 Å². The maximum atomic E-state index is 12.5. The number of nitrogens with one attached hydrogen (secondary N) is 1. The van der Waals surface area contributed by atoms with Crippen LogP contribution in [-0.2, 0) is 23.1 Å². The number of ether oxygens (including phenoxy) is 1. The molecule has 0 saturated carbocycles. The molecule has 46 heavy (non-hydrogen) atoms. The third-order valence-electron chi connectivity index (χ3n) is 8.57. The van der Waals surface area contributed by atoms with Gasteiger partial charge in [-0.25, -0.2) is 0 Å². The highest BCUT2D eigenvalue weighted by atomic mass is 31.2. The molecule has 0 fully saturated rings. The van der Waals surface area contributed by atoms with E-state index in [9.17, 15) is 14.3 Å². The van der Waals surface area contributed by atoms with Crippen molar-refractivity contribution in [2.75, 3.05) is 54.1 Å². The van der Waals surface area contributed by atoms with Crippen LogP contribution in [0.5, 0.6) is 0 Å². The third kappa shape index (κ3) is 34.8. The molecule has 0 aromatic heterocycles.